The topological polar surface area (TPSA) is 52.8 Å². The molecule has 2 heterocycles. The Kier molecular flexibility index (Phi) is 2.32. The third-order valence-electron chi connectivity index (χ3n) is 2.37. The minimum absolute atomic E-state index is 0.458. The van der Waals surface area contributed by atoms with Gasteiger partial charge in [-0.1, -0.05) is 0 Å². The largest absolute Gasteiger partial charge is 0.356 e. The van der Waals surface area contributed by atoms with Gasteiger partial charge in [0.25, 0.3) is 0 Å². The van der Waals surface area contributed by atoms with E-state index in [9.17, 15) is 0 Å². The number of nitriles is 1. The van der Waals surface area contributed by atoms with Gasteiger partial charge in [0, 0.05) is 19.2 Å². The molecule has 0 saturated carbocycles. The molecule has 0 N–H and O–H groups in total. The fraction of sp³-hybridized carbons (Fsp3) is 0.500. The molecule has 0 spiro atoms. The van der Waals surface area contributed by atoms with Crippen molar-refractivity contribution in [3.63, 3.8) is 0 Å². The van der Waals surface area contributed by atoms with Gasteiger partial charge >= 0.3 is 0 Å². The Morgan fingerprint density at radius 2 is 2.07 bits per heavy atom. The van der Waals surface area contributed by atoms with Crippen LogP contribution in [-0.4, -0.2) is 23.1 Å². The molecule has 1 aliphatic heterocycles. The highest BCUT2D eigenvalue weighted by molar-refractivity contribution is 5.43. The third kappa shape index (κ3) is 1.67. The van der Waals surface area contributed by atoms with E-state index < -0.39 is 0 Å². The van der Waals surface area contributed by atoms with Crippen molar-refractivity contribution in [2.45, 2.75) is 19.8 Å². The van der Waals surface area contributed by atoms with E-state index in [-0.39, 0.29) is 0 Å². The van der Waals surface area contributed by atoms with Crippen LogP contribution in [0.4, 0.5) is 5.82 Å². The van der Waals surface area contributed by atoms with Crippen molar-refractivity contribution >= 4 is 5.82 Å². The van der Waals surface area contributed by atoms with Crippen LogP contribution in [0.1, 0.15) is 24.4 Å². The summed E-state index contributed by atoms with van der Waals surface area (Å²) in [7, 11) is 0. The number of nitrogens with zero attached hydrogens (tertiary/aromatic N) is 4. The molecule has 0 amide bonds. The number of aryl methyl sites for hydroxylation is 1. The summed E-state index contributed by atoms with van der Waals surface area (Å²) in [5.74, 6) is 1.57. The van der Waals surface area contributed by atoms with Gasteiger partial charge in [-0.25, -0.2) is 9.97 Å². The highest BCUT2D eigenvalue weighted by Gasteiger charge is 2.14. The molecule has 0 aromatic carbocycles. The molecule has 2 rings (SSSR count). The molecule has 4 nitrogen and oxygen atoms in total. The lowest BCUT2D eigenvalue weighted by atomic mass is 10.4. The Labute approximate surface area is 83.2 Å². The molecular weight excluding hydrogens is 176 g/mol. The highest BCUT2D eigenvalue weighted by Crippen LogP contribution is 2.18. The van der Waals surface area contributed by atoms with Crippen molar-refractivity contribution in [3.8, 4) is 6.07 Å². The zero-order valence-corrected chi connectivity index (χ0v) is 8.19. The van der Waals surface area contributed by atoms with Crippen molar-refractivity contribution in [1.82, 2.24) is 9.97 Å². The van der Waals surface area contributed by atoms with Crippen LogP contribution in [-0.2, 0) is 0 Å². The quantitative estimate of drug-likeness (QED) is 0.665. The van der Waals surface area contributed by atoms with Crippen LogP contribution in [0.15, 0.2) is 6.07 Å². The predicted molar refractivity (Wildman–Crippen MR) is 52.9 cm³/mol. The van der Waals surface area contributed by atoms with E-state index in [2.05, 4.69) is 20.9 Å². The molecule has 1 fully saturated rings. The number of rotatable bonds is 1. The Hall–Kier alpha value is -1.63. The van der Waals surface area contributed by atoms with Gasteiger partial charge in [-0.3, -0.25) is 0 Å². The van der Waals surface area contributed by atoms with Gasteiger partial charge in [-0.05, 0) is 19.8 Å². The van der Waals surface area contributed by atoms with Gasteiger partial charge in [0.15, 0.2) is 0 Å². The Bertz CT molecular complexity index is 374. The number of hydrogen-bond donors (Lipinski definition) is 0. The second kappa shape index (κ2) is 3.62. The molecular formula is C10H12N4. The average molecular weight is 188 g/mol. The van der Waals surface area contributed by atoms with Crippen molar-refractivity contribution < 1.29 is 0 Å². The van der Waals surface area contributed by atoms with Crippen molar-refractivity contribution in [2.75, 3.05) is 18.0 Å². The van der Waals surface area contributed by atoms with E-state index >= 15 is 0 Å². The van der Waals surface area contributed by atoms with E-state index in [0.717, 1.165) is 18.9 Å². The zero-order chi connectivity index (χ0) is 9.97. The summed E-state index contributed by atoms with van der Waals surface area (Å²) in [4.78, 5) is 10.6. The van der Waals surface area contributed by atoms with Crippen LogP contribution in [0.2, 0.25) is 0 Å². The smallest absolute Gasteiger partial charge is 0.146 e. The first kappa shape index (κ1) is 8.95. The molecule has 1 saturated heterocycles. The zero-order valence-electron chi connectivity index (χ0n) is 8.19. The minimum atomic E-state index is 0.458. The second-order valence-corrected chi connectivity index (χ2v) is 3.46. The fourth-order valence-corrected chi connectivity index (χ4v) is 1.72. The molecule has 72 valence electrons. The summed E-state index contributed by atoms with van der Waals surface area (Å²) in [5.41, 5.74) is 0.458. The monoisotopic (exact) mass is 188 g/mol. The molecule has 1 aliphatic rings. The van der Waals surface area contributed by atoms with Gasteiger partial charge in [0.1, 0.15) is 23.4 Å². The minimum Gasteiger partial charge on any atom is -0.356 e. The van der Waals surface area contributed by atoms with Crippen molar-refractivity contribution in [2.24, 2.45) is 0 Å². The first-order valence-corrected chi connectivity index (χ1v) is 4.80. The van der Waals surface area contributed by atoms with E-state index in [0.29, 0.717) is 11.5 Å². The normalized spacial score (nSPS) is 15.6. The predicted octanol–water partition coefficient (Wildman–Crippen LogP) is 1.26. The molecule has 0 unspecified atom stereocenters. The summed E-state index contributed by atoms with van der Waals surface area (Å²) in [6.07, 6.45) is 2.43. The molecule has 0 aliphatic carbocycles. The summed E-state index contributed by atoms with van der Waals surface area (Å²) in [5, 5.41) is 8.77. The van der Waals surface area contributed by atoms with E-state index in [4.69, 9.17) is 5.26 Å². The molecule has 0 atom stereocenters. The van der Waals surface area contributed by atoms with E-state index in [1.165, 1.54) is 12.8 Å². The average Bonchev–Trinajstić information content (AvgIpc) is 2.69. The maximum absolute atomic E-state index is 8.77. The first-order valence-electron chi connectivity index (χ1n) is 4.80. The summed E-state index contributed by atoms with van der Waals surface area (Å²) >= 11 is 0. The van der Waals surface area contributed by atoms with Gasteiger partial charge in [0.05, 0.1) is 0 Å². The van der Waals surface area contributed by atoms with Crippen molar-refractivity contribution in [3.05, 3.63) is 17.6 Å². The SMILES string of the molecule is Cc1nc(C#N)cc(N2CCCC2)n1. The summed E-state index contributed by atoms with van der Waals surface area (Å²) in [6.45, 7) is 3.91. The Morgan fingerprint density at radius 3 is 2.71 bits per heavy atom. The van der Waals surface area contributed by atoms with Gasteiger partial charge in [0.2, 0.25) is 0 Å². The molecule has 4 heteroatoms. The van der Waals surface area contributed by atoms with Crippen molar-refractivity contribution in [1.29, 1.82) is 5.26 Å². The third-order valence-corrected chi connectivity index (χ3v) is 2.37. The first-order chi connectivity index (χ1) is 6.79. The van der Waals surface area contributed by atoms with Crippen LogP contribution < -0.4 is 4.90 Å². The lowest BCUT2D eigenvalue weighted by Gasteiger charge is -2.16. The number of hydrogen-bond acceptors (Lipinski definition) is 4. The highest BCUT2D eigenvalue weighted by atomic mass is 15.2. The maximum Gasteiger partial charge on any atom is 0.146 e. The lowest BCUT2D eigenvalue weighted by molar-refractivity contribution is 0.906. The van der Waals surface area contributed by atoms with Gasteiger partial charge < -0.3 is 4.90 Å². The van der Waals surface area contributed by atoms with Crippen LogP contribution in [0.25, 0.3) is 0 Å². The maximum atomic E-state index is 8.77. The molecule has 0 radical (unpaired) electrons. The standard InChI is InChI=1S/C10H12N4/c1-8-12-9(7-11)6-10(13-8)14-4-2-3-5-14/h6H,2-5H2,1H3. The van der Waals surface area contributed by atoms with E-state index in [1.54, 1.807) is 6.07 Å². The number of aromatic nitrogens is 2. The van der Waals surface area contributed by atoms with Gasteiger partial charge in [-0.15, -0.1) is 0 Å². The van der Waals surface area contributed by atoms with Gasteiger partial charge in [-0.2, -0.15) is 5.26 Å². The molecule has 14 heavy (non-hydrogen) atoms. The van der Waals surface area contributed by atoms with Crippen LogP contribution in [0.3, 0.4) is 0 Å². The summed E-state index contributed by atoms with van der Waals surface area (Å²) in [6, 6.07) is 3.82. The fourth-order valence-electron chi connectivity index (χ4n) is 1.72. The number of anilines is 1. The van der Waals surface area contributed by atoms with E-state index in [1.807, 2.05) is 6.92 Å². The lowest BCUT2D eigenvalue weighted by Crippen LogP contribution is -2.19. The molecule has 1 aromatic heterocycles. The van der Waals surface area contributed by atoms with Crippen LogP contribution >= 0.6 is 0 Å². The molecule has 1 aromatic rings. The Morgan fingerprint density at radius 1 is 1.36 bits per heavy atom. The van der Waals surface area contributed by atoms with Crippen LogP contribution in [0, 0.1) is 18.3 Å². The molecule has 0 bridgehead atoms. The Balaban J connectivity index is 2.33. The van der Waals surface area contributed by atoms with Crippen LogP contribution in [0.5, 0.6) is 0 Å². The summed E-state index contributed by atoms with van der Waals surface area (Å²) < 4.78 is 0. The second-order valence-electron chi connectivity index (χ2n) is 3.46.